The molecule has 0 atom stereocenters. The zero-order valence-electron chi connectivity index (χ0n) is 18.3. The van der Waals surface area contributed by atoms with Gasteiger partial charge in [-0.2, -0.15) is 4.98 Å². The van der Waals surface area contributed by atoms with E-state index in [2.05, 4.69) is 29.0 Å². The number of nitrogens with one attached hydrogen (secondary N) is 1. The first-order chi connectivity index (χ1) is 15.3. The second kappa shape index (κ2) is 9.27. The molecule has 0 saturated carbocycles. The number of morpholine rings is 2. The van der Waals surface area contributed by atoms with E-state index in [0.29, 0.717) is 52.1 Å². The second-order valence-electron chi connectivity index (χ2n) is 8.54. The van der Waals surface area contributed by atoms with E-state index in [1.54, 1.807) is 12.1 Å². The molecule has 10 nitrogen and oxygen atoms in total. The van der Waals surface area contributed by atoms with Gasteiger partial charge in [0.2, 0.25) is 0 Å². The van der Waals surface area contributed by atoms with Gasteiger partial charge in [0.15, 0.2) is 5.69 Å². The van der Waals surface area contributed by atoms with Gasteiger partial charge in [-0.25, -0.2) is 4.79 Å². The molecule has 10 heteroatoms. The molecule has 1 aromatic carbocycles. The molecule has 0 unspecified atom stereocenters. The van der Waals surface area contributed by atoms with Crippen LogP contribution in [0.3, 0.4) is 0 Å². The van der Waals surface area contributed by atoms with Crippen LogP contribution in [0.5, 0.6) is 0 Å². The van der Waals surface area contributed by atoms with E-state index >= 15 is 0 Å². The molecule has 3 heterocycles. The molecule has 2 fully saturated rings. The molecule has 1 aromatic heterocycles. The SMILES string of the molecule is CC1(C)COCCN1Cc1ccc(NC(=O)c2coc(N3CCOCC3)n2)c(C(=O)O)c1. The van der Waals surface area contributed by atoms with Gasteiger partial charge >= 0.3 is 5.97 Å². The Morgan fingerprint density at radius 3 is 2.62 bits per heavy atom. The maximum atomic E-state index is 12.7. The number of nitrogens with zero attached hydrogens (tertiary/aromatic N) is 3. The lowest BCUT2D eigenvalue weighted by Gasteiger charge is -2.42. The van der Waals surface area contributed by atoms with E-state index in [-0.39, 0.29) is 22.5 Å². The monoisotopic (exact) mass is 444 g/mol. The van der Waals surface area contributed by atoms with E-state index in [9.17, 15) is 14.7 Å². The van der Waals surface area contributed by atoms with Gasteiger partial charge in [0.05, 0.1) is 37.7 Å². The first-order valence-electron chi connectivity index (χ1n) is 10.6. The molecule has 2 aromatic rings. The molecule has 1 amide bonds. The lowest BCUT2D eigenvalue weighted by Crippen LogP contribution is -2.52. The number of aromatic carboxylic acids is 1. The third-order valence-corrected chi connectivity index (χ3v) is 5.76. The summed E-state index contributed by atoms with van der Waals surface area (Å²) in [6.07, 6.45) is 1.27. The number of hydrogen-bond donors (Lipinski definition) is 2. The van der Waals surface area contributed by atoms with Crippen molar-refractivity contribution in [2.75, 3.05) is 56.3 Å². The summed E-state index contributed by atoms with van der Waals surface area (Å²) in [6.45, 7) is 9.23. The summed E-state index contributed by atoms with van der Waals surface area (Å²) in [5.74, 6) is -1.64. The smallest absolute Gasteiger partial charge is 0.337 e. The first kappa shape index (κ1) is 22.3. The van der Waals surface area contributed by atoms with Crippen molar-refractivity contribution in [2.45, 2.75) is 25.9 Å². The van der Waals surface area contributed by atoms with Crippen LogP contribution in [0.2, 0.25) is 0 Å². The Bertz CT molecular complexity index is 983. The molecule has 2 aliphatic rings. The number of aromatic nitrogens is 1. The molecule has 0 bridgehead atoms. The quantitative estimate of drug-likeness (QED) is 0.690. The third kappa shape index (κ3) is 4.93. The van der Waals surface area contributed by atoms with Crippen molar-refractivity contribution in [2.24, 2.45) is 0 Å². The lowest BCUT2D eigenvalue weighted by molar-refractivity contribution is -0.0552. The molecular formula is C22H28N4O6. The summed E-state index contributed by atoms with van der Waals surface area (Å²) in [6, 6.07) is 5.40. The van der Waals surface area contributed by atoms with Crippen LogP contribution in [-0.2, 0) is 16.0 Å². The molecule has 2 saturated heterocycles. The molecular weight excluding hydrogens is 416 g/mol. The molecule has 2 N–H and O–H groups in total. The lowest BCUT2D eigenvalue weighted by atomic mass is 10.0. The number of benzene rings is 1. The Balaban J connectivity index is 1.48. The fourth-order valence-corrected chi connectivity index (χ4v) is 3.83. The van der Waals surface area contributed by atoms with Gasteiger partial charge in [0, 0.05) is 31.7 Å². The predicted octanol–water partition coefficient (Wildman–Crippen LogP) is 2.07. The molecule has 0 spiro atoms. The van der Waals surface area contributed by atoms with Crippen LogP contribution < -0.4 is 10.2 Å². The largest absolute Gasteiger partial charge is 0.478 e. The van der Waals surface area contributed by atoms with Crippen molar-refractivity contribution in [3.63, 3.8) is 0 Å². The van der Waals surface area contributed by atoms with Gasteiger partial charge in [0.1, 0.15) is 6.26 Å². The molecule has 0 radical (unpaired) electrons. The molecule has 0 aliphatic carbocycles. The maximum Gasteiger partial charge on any atom is 0.337 e. The van der Waals surface area contributed by atoms with Crippen molar-refractivity contribution < 1.29 is 28.6 Å². The van der Waals surface area contributed by atoms with Crippen molar-refractivity contribution in [3.05, 3.63) is 41.3 Å². The number of carboxylic acids is 1. The fraction of sp³-hybridized carbons (Fsp3) is 0.500. The Kier molecular flexibility index (Phi) is 6.45. The first-order valence-corrected chi connectivity index (χ1v) is 10.6. The summed E-state index contributed by atoms with van der Waals surface area (Å²) in [5.41, 5.74) is 1.04. The second-order valence-corrected chi connectivity index (χ2v) is 8.54. The van der Waals surface area contributed by atoms with Crippen molar-refractivity contribution in [1.82, 2.24) is 9.88 Å². The maximum absolute atomic E-state index is 12.7. The fourth-order valence-electron chi connectivity index (χ4n) is 3.83. The third-order valence-electron chi connectivity index (χ3n) is 5.76. The summed E-state index contributed by atoms with van der Waals surface area (Å²) < 4.78 is 16.3. The van der Waals surface area contributed by atoms with Crippen LogP contribution in [0, 0.1) is 0 Å². The zero-order chi connectivity index (χ0) is 22.7. The van der Waals surface area contributed by atoms with Gasteiger partial charge in [-0.1, -0.05) is 6.07 Å². The van der Waals surface area contributed by atoms with Crippen molar-refractivity contribution in [3.8, 4) is 0 Å². The Morgan fingerprint density at radius 2 is 1.91 bits per heavy atom. The highest BCUT2D eigenvalue weighted by atomic mass is 16.5. The Morgan fingerprint density at radius 1 is 1.16 bits per heavy atom. The van der Waals surface area contributed by atoms with Crippen LogP contribution in [0.15, 0.2) is 28.9 Å². The highest BCUT2D eigenvalue weighted by molar-refractivity contribution is 6.06. The number of ether oxygens (including phenoxy) is 2. The van der Waals surface area contributed by atoms with Gasteiger partial charge in [-0.05, 0) is 31.5 Å². The van der Waals surface area contributed by atoms with Crippen molar-refractivity contribution >= 4 is 23.6 Å². The highest BCUT2D eigenvalue weighted by Crippen LogP contribution is 2.25. The average molecular weight is 444 g/mol. The van der Waals surface area contributed by atoms with Crippen molar-refractivity contribution in [1.29, 1.82) is 0 Å². The van der Waals surface area contributed by atoms with Gasteiger partial charge in [-0.3, -0.25) is 9.69 Å². The molecule has 32 heavy (non-hydrogen) atoms. The van der Waals surface area contributed by atoms with Crippen LogP contribution in [-0.4, -0.2) is 78.5 Å². The summed E-state index contributed by atoms with van der Waals surface area (Å²) in [4.78, 5) is 33.0. The number of oxazole rings is 1. The highest BCUT2D eigenvalue weighted by Gasteiger charge is 2.30. The summed E-state index contributed by atoms with van der Waals surface area (Å²) in [5, 5.41) is 12.4. The van der Waals surface area contributed by atoms with E-state index in [1.807, 2.05) is 11.0 Å². The van der Waals surface area contributed by atoms with Gasteiger partial charge < -0.3 is 29.2 Å². The zero-order valence-corrected chi connectivity index (χ0v) is 18.3. The van der Waals surface area contributed by atoms with Crippen LogP contribution in [0.25, 0.3) is 0 Å². The van der Waals surface area contributed by atoms with E-state index in [4.69, 9.17) is 13.9 Å². The van der Waals surface area contributed by atoms with Crippen LogP contribution in [0.1, 0.15) is 40.3 Å². The van der Waals surface area contributed by atoms with E-state index in [1.165, 1.54) is 6.26 Å². The minimum Gasteiger partial charge on any atom is -0.478 e. The summed E-state index contributed by atoms with van der Waals surface area (Å²) >= 11 is 0. The minimum absolute atomic E-state index is 0.0267. The Hall–Kier alpha value is -2.95. The molecule has 4 rings (SSSR count). The minimum atomic E-state index is -1.11. The Labute approximate surface area is 186 Å². The van der Waals surface area contributed by atoms with E-state index in [0.717, 1.165) is 12.1 Å². The van der Waals surface area contributed by atoms with Gasteiger partial charge in [0.25, 0.3) is 11.9 Å². The number of hydrogen-bond acceptors (Lipinski definition) is 8. The normalized spacial score (nSPS) is 19.0. The summed E-state index contributed by atoms with van der Waals surface area (Å²) in [7, 11) is 0. The van der Waals surface area contributed by atoms with E-state index < -0.39 is 11.9 Å². The number of amides is 1. The standard InChI is InChI=1S/C22H28N4O6/c1-22(2)14-31-10-7-26(22)12-15-3-4-17(16(11-15)20(28)29)23-19(27)18-13-32-21(24-18)25-5-8-30-9-6-25/h3-4,11,13H,5-10,12,14H2,1-2H3,(H,23,27)(H,28,29). The number of anilines is 2. The number of carbonyl (C=O) groups excluding carboxylic acids is 1. The molecule has 2 aliphatic heterocycles. The number of carbonyl (C=O) groups is 2. The predicted molar refractivity (Wildman–Crippen MR) is 116 cm³/mol. The number of carboxylic acid groups (broad SMARTS) is 1. The number of rotatable bonds is 6. The van der Waals surface area contributed by atoms with Crippen LogP contribution in [0.4, 0.5) is 11.7 Å². The topological polar surface area (TPSA) is 117 Å². The van der Waals surface area contributed by atoms with Crippen LogP contribution >= 0.6 is 0 Å². The van der Waals surface area contributed by atoms with Gasteiger partial charge in [-0.15, -0.1) is 0 Å². The average Bonchev–Trinajstić information content (AvgIpc) is 3.27. The molecule has 172 valence electrons.